The predicted octanol–water partition coefficient (Wildman–Crippen LogP) is 2.29. The van der Waals surface area contributed by atoms with Gasteiger partial charge in [0.2, 0.25) is 0 Å². The molecule has 1 N–H and O–H groups in total. The zero-order valence-electron chi connectivity index (χ0n) is 7.18. The van der Waals surface area contributed by atoms with E-state index in [4.69, 9.17) is 20.6 Å². The van der Waals surface area contributed by atoms with Crippen LogP contribution in [0.4, 0.5) is 0 Å². The summed E-state index contributed by atoms with van der Waals surface area (Å²) in [5.41, 5.74) is 0. The van der Waals surface area contributed by atoms with Crippen LogP contribution in [0.3, 0.4) is 0 Å². The van der Waals surface area contributed by atoms with Gasteiger partial charge < -0.3 is 5.21 Å². The summed E-state index contributed by atoms with van der Waals surface area (Å²) in [6, 6.07) is 4.08. The Hall–Kier alpha value is -1.88. The third kappa shape index (κ3) is 25.5. The van der Waals surface area contributed by atoms with Crippen LogP contribution in [0, 0.1) is 27.6 Å². The lowest BCUT2D eigenvalue weighted by molar-refractivity contribution is 0.312. The van der Waals surface area contributed by atoms with Crippen molar-refractivity contribution in [1.82, 2.24) is 0 Å². The highest BCUT2D eigenvalue weighted by atomic mass is 16.6. The molecule has 0 bridgehead atoms. The monoisotopic (exact) mass is 181 g/mol. The van der Waals surface area contributed by atoms with Crippen LogP contribution in [-0.4, -0.2) is 5.21 Å². The Balaban J connectivity index is 0. The van der Waals surface area contributed by atoms with Crippen molar-refractivity contribution in [2.45, 2.75) is 25.7 Å². The number of unbranched alkanes of at least 4 members (excludes halogenated alkanes) is 2. The zero-order chi connectivity index (χ0) is 10.4. The molecule has 0 unspecified atom stereocenters. The minimum Gasteiger partial charge on any atom is -0.379 e. The van der Waals surface area contributed by atoms with Crippen molar-refractivity contribution >= 4 is 0 Å². The van der Waals surface area contributed by atoms with Gasteiger partial charge in [0, 0.05) is 12.8 Å². The summed E-state index contributed by atoms with van der Waals surface area (Å²) in [4.78, 5) is 8.11. The molecule has 0 amide bonds. The lowest BCUT2D eigenvalue weighted by Gasteiger charge is -1.81. The molecule has 70 valence electrons. The van der Waals surface area contributed by atoms with Crippen LogP contribution in [0.25, 0.3) is 0 Å². The summed E-state index contributed by atoms with van der Waals surface area (Å²) < 4.78 is 0. The standard InChI is InChI=1S/C8H10N2.HNO2/c9-7-5-3-1-2-4-6-8-10;2-1-3/h1-2H,3-6H2;(H,2,3). The minimum atomic E-state index is 0.572. The largest absolute Gasteiger partial charge is 0.379 e. The van der Waals surface area contributed by atoms with Crippen molar-refractivity contribution in [2.24, 2.45) is 5.34 Å². The number of allylic oxidation sites excluding steroid dienone is 2. The van der Waals surface area contributed by atoms with Crippen molar-refractivity contribution in [1.29, 1.82) is 10.5 Å². The van der Waals surface area contributed by atoms with E-state index < -0.39 is 0 Å². The van der Waals surface area contributed by atoms with E-state index in [1.165, 1.54) is 5.34 Å². The molecule has 0 fully saturated rings. The Bertz CT molecular complexity index is 192. The molecule has 5 nitrogen and oxygen atoms in total. The molecule has 0 aromatic heterocycles. The van der Waals surface area contributed by atoms with Crippen LogP contribution in [0.2, 0.25) is 0 Å². The fourth-order valence-corrected chi connectivity index (χ4v) is 0.531. The molecular formula is C8H11N3O2. The van der Waals surface area contributed by atoms with Gasteiger partial charge in [0.15, 0.2) is 5.34 Å². The Morgan fingerprint density at radius 2 is 1.46 bits per heavy atom. The van der Waals surface area contributed by atoms with Gasteiger partial charge in [-0.25, -0.2) is 0 Å². The number of nitrogens with zero attached hydrogens (tertiary/aromatic N) is 3. The Kier molecular flexibility index (Phi) is 17.5. The number of hydrogen-bond donors (Lipinski definition) is 1. The van der Waals surface area contributed by atoms with Gasteiger partial charge in [-0.1, -0.05) is 12.2 Å². The lowest BCUT2D eigenvalue weighted by atomic mass is 10.2. The third-order valence-electron chi connectivity index (χ3n) is 1.01. The summed E-state index contributed by atoms with van der Waals surface area (Å²) in [6.07, 6.45) is 6.65. The Morgan fingerprint density at radius 1 is 1.15 bits per heavy atom. The van der Waals surface area contributed by atoms with Crippen molar-refractivity contribution in [3.8, 4) is 12.1 Å². The highest BCUT2D eigenvalue weighted by Crippen LogP contribution is 1.93. The summed E-state index contributed by atoms with van der Waals surface area (Å²) in [5, 5.41) is 24.2. The molecule has 0 aliphatic carbocycles. The average molecular weight is 181 g/mol. The van der Waals surface area contributed by atoms with Gasteiger partial charge in [0.1, 0.15) is 0 Å². The van der Waals surface area contributed by atoms with E-state index in [0.29, 0.717) is 12.8 Å². The van der Waals surface area contributed by atoms with Crippen LogP contribution in [0.1, 0.15) is 25.7 Å². The van der Waals surface area contributed by atoms with Gasteiger partial charge >= 0.3 is 0 Å². The molecule has 0 saturated heterocycles. The lowest BCUT2D eigenvalue weighted by Crippen LogP contribution is -1.66. The first-order valence-electron chi connectivity index (χ1n) is 3.69. The van der Waals surface area contributed by atoms with E-state index in [9.17, 15) is 0 Å². The van der Waals surface area contributed by atoms with E-state index in [0.717, 1.165) is 12.8 Å². The van der Waals surface area contributed by atoms with Crippen molar-refractivity contribution in [3.05, 3.63) is 17.1 Å². The molecular weight excluding hydrogens is 170 g/mol. The van der Waals surface area contributed by atoms with Gasteiger partial charge in [-0.3, -0.25) is 0 Å². The molecule has 13 heavy (non-hydrogen) atoms. The molecule has 0 spiro atoms. The molecule has 0 aliphatic heterocycles. The molecule has 0 rings (SSSR count). The van der Waals surface area contributed by atoms with Crippen LogP contribution >= 0.6 is 0 Å². The van der Waals surface area contributed by atoms with Crippen molar-refractivity contribution < 1.29 is 5.21 Å². The van der Waals surface area contributed by atoms with Crippen molar-refractivity contribution in [2.75, 3.05) is 0 Å². The normalized spacial score (nSPS) is 7.85. The maximum absolute atomic E-state index is 8.13. The van der Waals surface area contributed by atoms with E-state index in [1.807, 2.05) is 24.3 Å². The van der Waals surface area contributed by atoms with E-state index >= 15 is 0 Å². The molecule has 0 aliphatic rings. The first-order valence-corrected chi connectivity index (χ1v) is 3.69. The van der Waals surface area contributed by atoms with Gasteiger partial charge in [0.25, 0.3) is 0 Å². The summed E-state index contributed by atoms with van der Waals surface area (Å²) in [6.45, 7) is 0. The summed E-state index contributed by atoms with van der Waals surface area (Å²) in [5.74, 6) is 0. The van der Waals surface area contributed by atoms with Gasteiger partial charge in [-0.2, -0.15) is 10.5 Å². The van der Waals surface area contributed by atoms with Crippen LogP contribution in [0.15, 0.2) is 17.5 Å². The molecule has 0 aromatic rings. The van der Waals surface area contributed by atoms with Crippen LogP contribution in [0.5, 0.6) is 0 Å². The summed E-state index contributed by atoms with van der Waals surface area (Å²) in [7, 11) is 0. The topological polar surface area (TPSA) is 97.2 Å². The highest BCUT2D eigenvalue weighted by molar-refractivity contribution is 4.87. The molecule has 0 heterocycles. The van der Waals surface area contributed by atoms with E-state index in [2.05, 4.69) is 0 Å². The quantitative estimate of drug-likeness (QED) is 0.311. The molecule has 0 aromatic carbocycles. The maximum atomic E-state index is 8.13. The predicted molar refractivity (Wildman–Crippen MR) is 46.4 cm³/mol. The number of rotatable bonds is 4. The maximum Gasteiger partial charge on any atom is 0.152 e. The first kappa shape index (κ1) is 13.7. The first-order chi connectivity index (χ1) is 6.33. The van der Waals surface area contributed by atoms with Gasteiger partial charge in [-0.05, 0) is 12.8 Å². The second kappa shape index (κ2) is 16.6. The Morgan fingerprint density at radius 3 is 1.69 bits per heavy atom. The zero-order valence-corrected chi connectivity index (χ0v) is 7.18. The SMILES string of the molecule is N#CCCC=CCCC#N.O=NO. The Labute approximate surface area is 76.8 Å². The second-order valence-corrected chi connectivity index (χ2v) is 1.95. The van der Waals surface area contributed by atoms with Crippen LogP contribution in [-0.2, 0) is 0 Å². The van der Waals surface area contributed by atoms with Gasteiger partial charge in [-0.15, -0.1) is 4.91 Å². The van der Waals surface area contributed by atoms with Gasteiger partial charge in [0.05, 0.1) is 12.1 Å². The van der Waals surface area contributed by atoms with E-state index in [-0.39, 0.29) is 0 Å². The fourth-order valence-electron chi connectivity index (χ4n) is 0.531. The van der Waals surface area contributed by atoms with Crippen molar-refractivity contribution in [3.63, 3.8) is 0 Å². The molecule has 0 saturated carbocycles. The number of hydrogen-bond acceptors (Lipinski definition) is 4. The van der Waals surface area contributed by atoms with E-state index in [1.54, 1.807) is 0 Å². The molecule has 5 heteroatoms. The second-order valence-electron chi connectivity index (χ2n) is 1.95. The molecule has 0 atom stereocenters. The fraction of sp³-hybridized carbons (Fsp3) is 0.500. The van der Waals surface area contributed by atoms with Crippen LogP contribution < -0.4 is 0 Å². The highest BCUT2D eigenvalue weighted by Gasteiger charge is 1.78. The third-order valence-corrected chi connectivity index (χ3v) is 1.01. The summed E-state index contributed by atoms with van der Waals surface area (Å²) >= 11 is 0. The smallest absolute Gasteiger partial charge is 0.152 e. The number of nitriles is 2. The minimum absolute atomic E-state index is 0.572. The molecule has 0 radical (unpaired) electrons. The average Bonchev–Trinajstić information content (AvgIpc) is 2.13.